The topological polar surface area (TPSA) is 99.6 Å². The van der Waals surface area contributed by atoms with Crippen molar-refractivity contribution in [3.63, 3.8) is 0 Å². The lowest BCUT2D eigenvalue weighted by atomic mass is 10.2. The van der Waals surface area contributed by atoms with Gasteiger partial charge in [-0.25, -0.2) is 9.78 Å². The Morgan fingerprint density at radius 2 is 2.14 bits per heavy atom. The maximum Gasteiger partial charge on any atom is 0.335 e. The summed E-state index contributed by atoms with van der Waals surface area (Å²) in [6.07, 6.45) is 0.820. The molecule has 0 bridgehead atoms. The summed E-state index contributed by atoms with van der Waals surface area (Å²) in [5.41, 5.74) is 7.18. The van der Waals surface area contributed by atoms with Gasteiger partial charge in [-0.15, -0.1) is 0 Å². The number of carboxylic acids is 1. The number of hydrogen-bond donors (Lipinski definition) is 2. The Hall–Kier alpha value is -1.96. The first-order chi connectivity index (χ1) is 10.6. The second kappa shape index (κ2) is 7.88. The zero-order valence-corrected chi connectivity index (χ0v) is 12.6. The molecule has 0 aliphatic carbocycles. The van der Waals surface area contributed by atoms with Gasteiger partial charge in [-0.2, -0.15) is 0 Å². The first-order valence-corrected chi connectivity index (χ1v) is 7.19. The fraction of sp³-hybridized carbons (Fsp3) is 0.467. The lowest BCUT2D eigenvalue weighted by molar-refractivity contribution is -0.0558. The molecule has 2 aromatic rings. The van der Waals surface area contributed by atoms with E-state index in [1.165, 1.54) is 0 Å². The highest BCUT2D eigenvalue weighted by Crippen LogP contribution is 2.17. The summed E-state index contributed by atoms with van der Waals surface area (Å²) in [5.74, 6) is -0.128. The molecule has 0 fully saturated rings. The molecule has 1 aromatic heterocycles. The van der Waals surface area contributed by atoms with Crippen molar-refractivity contribution >= 4 is 17.0 Å². The molecule has 2 rings (SSSR count). The number of nitrogens with two attached hydrogens (primary N) is 1. The highest BCUT2D eigenvalue weighted by Gasteiger charge is 2.10. The van der Waals surface area contributed by atoms with Crippen molar-refractivity contribution in [1.29, 1.82) is 0 Å². The van der Waals surface area contributed by atoms with Crippen LogP contribution in [0, 0.1) is 6.92 Å². The van der Waals surface area contributed by atoms with Gasteiger partial charge in [0.1, 0.15) is 12.6 Å². The average Bonchev–Trinajstić information content (AvgIpc) is 2.81. The number of nitrogens with zero attached hydrogens (tertiary/aromatic N) is 2. The molecule has 0 radical (unpaired) electrons. The summed E-state index contributed by atoms with van der Waals surface area (Å²) < 4.78 is 12.7. The number of carbonyl (C=O) groups is 1. The van der Waals surface area contributed by atoms with Crippen molar-refractivity contribution in [3.8, 4) is 0 Å². The highest BCUT2D eigenvalue weighted by molar-refractivity contribution is 5.92. The minimum atomic E-state index is -0.952. The van der Waals surface area contributed by atoms with Crippen molar-refractivity contribution in [2.75, 3.05) is 26.6 Å². The number of benzene rings is 1. The maximum atomic E-state index is 11.0. The summed E-state index contributed by atoms with van der Waals surface area (Å²) in [6.45, 7) is 4.47. The number of rotatable bonds is 9. The number of carboxylic acid groups (broad SMARTS) is 1. The highest BCUT2D eigenvalue weighted by atomic mass is 16.7. The normalized spacial score (nSPS) is 11.2. The summed E-state index contributed by atoms with van der Waals surface area (Å²) in [4.78, 5) is 15.4. The van der Waals surface area contributed by atoms with E-state index >= 15 is 0 Å². The fourth-order valence-electron chi connectivity index (χ4n) is 2.18. The Bertz CT molecular complexity index is 639. The molecule has 7 heteroatoms. The molecule has 0 atom stereocenters. The van der Waals surface area contributed by atoms with Crippen LogP contribution in [0.1, 0.15) is 22.6 Å². The van der Waals surface area contributed by atoms with Crippen LogP contribution in [0.5, 0.6) is 0 Å². The lowest BCUT2D eigenvalue weighted by Crippen LogP contribution is -2.11. The van der Waals surface area contributed by atoms with Gasteiger partial charge >= 0.3 is 5.97 Å². The Labute approximate surface area is 128 Å². The van der Waals surface area contributed by atoms with Crippen LogP contribution in [-0.4, -0.2) is 47.2 Å². The largest absolute Gasteiger partial charge is 0.478 e. The predicted molar refractivity (Wildman–Crippen MR) is 81.9 cm³/mol. The number of aromatic carboxylic acids is 1. The summed E-state index contributed by atoms with van der Waals surface area (Å²) in [7, 11) is 0. The molecule has 3 N–H and O–H groups in total. The monoisotopic (exact) mass is 307 g/mol. The molecule has 0 aliphatic rings. The Kier molecular flexibility index (Phi) is 5.88. The number of aromatic nitrogens is 2. The molecule has 120 valence electrons. The van der Waals surface area contributed by atoms with Gasteiger partial charge in [-0.3, -0.25) is 0 Å². The third kappa shape index (κ3) is 4.03. The second-order valence-electron chi connectivity index (χ2n) is 4.90. The van der Waals surface area contributed by atoms with Crippen molar-refractivity contribution < 1.29 is 19.4 Å². The average molecular weight is 307 g/mol. The van der Waals surface area contributed by atoms with E-state index in [4.69, 9.17) is 20.3 Å². The van der Waals surface area contributed by atoms with E-state index < -0.39 is 5.97 Å². The molecule has 1 heterocycles. The first kappa shape index (κ1) is 16.4. The van der Waals surface area contributed by atoms with E-state index in [0.29, 0.717) is 31.8 Å². The molecule has 0 amide bonds. The minimum Gasteiger partial charge on any atom is -0.478 e. The van der Waals surface area contributed by atoms with Crippen LogP contribution < -0.4 is 5.73 Å². The summed E-state index contributed by atoms with van der Waals surface area (Å²) in [6, 6.07) is 4.94. The molecule has 0 spiro atoms. The lowest BCUT2D eigenvalue weighted by Gasteiger charge is -2.08. The summed E-state index contributed by atoms with van der Waals surface area (Å²) in [5, 5.41) is 9.01. The third-order valence-electron chi connectivity index (χ3n) is 3.30. The number of aryl methyl sites for hydroxylation is 1. The Morgan fingerprint density at radius 3 is 2.86 bits per heavy atom. The SMILES string of the molecule is Cc1nc2cc(C(=O)O)ccc2n1CCOCOCCCN. The molecule has 1 aromatic carbocycles. The standard InChI is InChI=1S/C15H21N3O4/c1-11-17-13-9-12(15(19)20)3-4-14(13)18(11)6-8-22-10-21-7-2-5-16/h3-4,9H,2,5-8,10,16H2,1H3,(H,19,20). The van der Waals surface area contributed by atoms with Crippen LogP contribution in [0.25, 0.3) is 11.0 Å². The third-order valence-corrected chi connectivity index (χ3v) is 3.30. The van der Waals surface area contributed by atoms with Crippen molar-refractivity contribution in [2.24, 2.45) is 5.73 Å². The van der Waals surface area contributed by atoms with Crippen LogP contribution in [0.2, 0.25) is 0 Å². The van der Waals surface area contributed by atoms with E-state index in [0.717, 1.165) is 17.8 Å². The number of fused-ring (bicyclic) bond motifs is 1. The van der Waals surface area contributed by atoms with Crippen LogP contribution in [-0.2, 0) is 16.0 Å². The maximum absolute atomic E-state index is 11.0. The minimum absolute atomic E-state index is 0.238. The van der Waals surface area contributed by atoms with E-state index in [1.807, 2.05) is 11.5 Å². The Morgan fingerprint density at radius 1 is 1.36 bits per heavy atom. The first-order valence-electron chi connectivity index (χ1n) is 7.19. The van der Waals surface area contributed by atoms with Crippen LogP contribution in [0.3, 0.4) is 0 Å². The molecule has 0 unspecified atom stereocenters. The zero-order chi connectivity index (χ0) is 15.9. The number of hydrogen-bond acceptors (Lipinski definition) is 5. The van der Waals surface area contributed by atoms with Crippen molar-refractivity contribution in [3.05, 3.63) is 29.6 Å². The quantitative estimate of drug-likeness (QED) is 0.536. The van der Waals surface area contributed by atoms with Crippen molar-refractivity contribution in [2.45, 2.75) is 19.9 Å². The zero-order valence-electron chi connectivity index (χ0n) is 12.6. The van der Waals surface area contributed by atoms with Gasteiger partial charge < -0.3 is 24.9 Å². The van der Waals surface area contributed by atoms with E-state index in [-0.39, 0.29) is 12.4 Å². The molecular formula is C15H21N3O4. The van der Waals surface area contributed by atoms with Gasteiger partial charge in [0.05, 0.1) is 29.8 Å². The smallest absolute Gasteiger partial charge is 0.335 e. The Balaban J connectivity index is 1.93. The van der Waals surface area contributed by atoms with Gasteiger partial charge in [0.15, 0.2) is 0 Å². The van der Waals surface area contributed by atoms with Crippen LogP contribution >= 0.6 is 0 Å². The molecule has 0 saturated heterocycles. The van der Waals surface area contributed by atoms with E-state index in [2.05, 4.69) is 4.98 Å². The van der Waals surface area contributed by atoms with Gasteiger partial charge in [0.25, 0.3) is 0 Å². The van der Waals surface area contributed by atoms with Gasteiger partial charge in [-0.05, 0) is 38.1 Å². The van der Waals surface area contributed by atoms with Gasteiger partial charge in [0.2, 0.25) is 0 Å². The molecule has 0 aliphatic heterocycles. The van der Waals surface area contributed by atoms with Gasteiger partial charge in [0, 0.05) is 6.54 Å². The van der Waals surface area contributed by atoms with E-state index in [1.54, 1.807) is 18.2 Å². The molecule has 0 saturated carbocycles. The van der Waals surface area contributed by atoms with Gasteiger partial charge in [-0.1, -0.05) is 0 Å². The number of imidazole rings is 1. The fourth-order valence-corrected chi connectivity index (χ4v) is 2.18. The van der Waals surface area contributed by atoms with Crippen LogP contribution in [0.15, 0.2) is 18.2 Å². The second-order valence-corrected chi connectivity index (χ2v) is 4.90. The predicted octanol–water partition coefficient (Wildman–Crippen LogP) is 1.38. The van der Waals surface area contributed by atoms with Crippen molar-refractivity contribution in [1.82, 2.24) is 9.55 Å². The number of ether oxygens (including phenoxy) is 2. The molecule has 22 heavy (non-hydrogen) atoms. The summed E-state index contributed by atoms with van der Waals surface area (Å²) >= 11 is 0. The van der Waals surface area contributed by atoms with Crippen LogP contribution in [0.4, 0.5) is 0 Å². The molecular weight excluding hydrogens is 286 g/mol. The van der Waals surface area contributed by atoms with E-state index in [9.17, 15) is 4.79 Å². The molecule has 7 nitrogen and oxygen atoms in total.